The van der Waals surface area contributed by atoms with Gasteiger partial charge in [0.1, 0.15) is 17.1 Å². The first-order chi connectivity index (χ1) is 11.7. The van der Waals surface area contributed by atoms with E-state index < -0.39 is 0 Å². The van der Waals surface area contributed by atoms with E-state index >= 15 is 0 Å². The summed E-state index contributed by atoms with van der Waals surface area (Å²) in [6.07, 6.45) is 5.81. The van der Waals surface area contributed by atoms with Gasteiger partial charge < -0.3 is 15.0 Å². The number of benzene rings is 1. The Morgan fingerprint density at radius 2 is 1.92 bits per heavy atom. The molecule has 0 saturated carbocycles. The third-order valence-electron chi connectivity index (χ3n) is 4.62. The Balaban J connectivity index is 1.80. The van der Waals surface area contributed by atoms with Gasteiger partial charge in [-0.2, -0.15) is 0 Å². The first-order valence-electron chi connectivity index (χ1n) is 8.15. The topological polar surface area (TPSA) is 66.0 Å². The number of halogens is 1. The zero-order valence-corrected chi connectivity index (χ0v) is 14.0. The highest BCUT2D eigenvalue weighted by Gasteiger charge is 2.19. The van der Waals surface area contributed by atoms with Gasteiger partial charge in [0.25, 0.3) is 0 Å². The van der Waals surface area contributed by atoms with Gasteiger partial charge in [0, 0.05) is 37.2 Å². The second kappa shape index (κ2) is 6.42. The molecule has 0 atom stereocenters. The predicted molar refractivity (Wildman–Crippen MR) is 95.9 cm³/mol. The molecule has 124 valence electrons. The van der Waals surface area contributed by atoms with Gasteiger partial charge in [-0.1, -0.05) is 23.7 Å². The van der Waals surface area contributed by atoms with Gasteiger partial charge in [0.05, 0.1) is 5.39 Å². The third kappa shape index (κ3) is 2.85. The Kier molecular flexibility index (Phi) is 4.12. The van der Waals surface area contributed by atoms with Crippen LogP contribution < -0.4 is 5.73 Å². The standard InChI is InChI=1S/C18H19ClN4O/c19-17-16-15(13-1-3-14(20)4-2-13)10-23(18(16)22-11-21-17)9-12-5-7-24-8-6-12/h1-4,10-12H,5-9,20H2. The van der Waals surface area contributed by atoms with Crippen molar-refractivity contribution in [2.75, 3.05) is 18.9 Å². The van der Waals surface area contributed by atoms with Gasteiger partial charge in [-0.3, -0.25) is 0 Å². The van der Waals surface area contributed by atoms with Crippen molar-refractivity contribution in [3.63, 3.8) is 0 Å². The molecule has 24 heavy (non-hydrogen) atoms. The van der Waals surface area contributed by atoms with Crippen molar-refractivity contribution in [2.24, 2.45) is 5.92 Å². The number of nitrogens with zero attached hydrogens (tertiary/aromatic N) is 3. The molecule has 0 unspecified atom stereocenters. The Morgan fingerprint density at radius 3 is 2.67 bits per heavy atom. The van der Waals surface area contributed by atoms with Gasteiger partial charge in [0.2, 0.25) is 0 Å². The molecule has 1 aliphatic heterocycles. The molecular weight excluding hydrogens is 324 g/mol. The van der Waals surface area contributed by atoms with E-state index in [9.17, 15) is 0 Å². The molecule has 1 saturated heterocycles. The van der Waals surface area contributed by atoms with Crippen molar-refractivity contribution in [1.29, 1.82) is 0 Å². The molecule has 0 aliphatic carbocycles. The van der Waals surface area contributed by atoms with Crippen molar-refractivity contribution in [3.05, 3.63) is 41.9 Å². The summed E-state index contributed by atoms with van der Waals surface area (Å²) >= 11 is 6.39. The number of ether oxygens (including phenoxy) is 1. The van der Waals surface area contributed by atoms with Crippen molar-refractivity contribution in [1.82, 2.24) is 14.5 Å². The lowest BCUT2D eigenvalue weighted by atomic mass is 10.0. The monoisotopic (exact) mass is 342 g/mol. The number of hydrogen-bond donors (Lipinski definition) is 1. The van der Waals surface area contributed by atoms with Crippen LogP contribution in [0, 0.1) is 5.92 Å². The molecule has 3 aromatic rings. The fourth-order valence-corrected chi connectivity index (χ4v) is 3.54. The molecule has 0 spiro atoms. The number of nitrogen functional groups attached to an aromatic ring is 1. The van der Waals surface area contributed by atoms with E-state index in [0.717, 1.165) is 60.4 Å². The Labute approximate surface area is 145 Å². The van der Waals surface area contributed by atoms with Crippen LogP contribution in [0.2, 0.25) is 5.15 Å². The second-order valence-electron chi connectivity index (χ2n) is 6.24. The Morgan fingerprint density at radius 1 is 1.17 bits per heavy atom. The van der Waals surface area contributed by atoms with Crippen molar-refractivity contribution in [2.45, 2.75) is 19.4 Å². The average molecular weight is 343 g/mol. The summed E-state index contributed by atoms with van der Waals surface area (Å²) in [5.74, 6) is 0.599. The van der Waals surface area contributed by atoms with Gasteiger partial charge in [0.15, 0.2) is 0 Å². The third-order valence-corrected chi connectivity index (χ3v) is 4.91. The number of nitrogens with two attached hydrogens (primary N) is 1. The molecule has 1 aliphatic rings. The fourth-order valence-electron chi connectivity index (χ4n) is 3.31. The van der Waals surface area contributed by atoms with Crippen LogP contribution in [0.4, 0.5) is 5.69 Å². The summed E-state index contributed by atoms with van der Waals surface area (Å²) in [4.78, 5) is 8.65. The van der Waals surface area contributed by atoms with Gasteiger partial charge in [-0.15, -0.1) is 0 Å². The summed E-state index contributed by atoms with van der Waals surface area (Å²) in [6.45, 7) is 2.59. The maximum atomic E-state index is 6.39. The van der Waals surface area contributed by atoms with E-state index in [4.69, 9.17) is 22.1 Å². The van der Waals surface area contributed by atoms with Gasteiger partial charge in [-0.25, -0.2) is 9.97 Å². The Hall–Kier alpha value is -2.11. The number of anilines is 1. The normalized spacial score (nSPS) is 15.9. The fraction of sp³-hybridized carbons (Fsp3) is 0.333. The molecular formula is C18H19ClN4O. The summed E-state index contributed by atoms with van der Waals surface area (Å²) in [7, 11) is 0. The smallest absolute Gasteiger partial charge is 0.145 e. The maximum Gasteiger partial charge on any atom is 0.145 e. The molecule has 2 aromatic heterocycles. The van der Waals surface area contributed by atoms with Gasteiger partial charge in [-0.05, 0) is 36.5 Å². The van der Waals surface area contributed by atoms with Crippen molar-refractivity contribution in [3.8, 4) is 11.1 Å². The van der Waals surface area contributed by atoms with E-state index in [1.807, 2.05) is 24.3 Å². The molecule has 4 rings (SSSR count). The van der Waals surface area contributed by atoms with Gasteiger partial charge >= 0.3 is 0 Å². The highest BCUT2D eigenvalue weighted by atomic mass is 35.5. The minimum absolute atomic E-state index is 0.484. The summed E-state index contributed by atoms with van der Waals surface area (Å²) in [6, 6.07) is 7.81. The summed E-state index contributed by atoms with van der Waals surface area (Å²) < 4.78 is 7.66. The highest BCUT2D eigenvalue weighted by molar-refractivity contribution is 6.35. The van der Waals surface area contributed by atoms with Crippen LogP contribution >= 0.6 is 11.6 Å². The number of aromatic nitrogens is 3. The van der Waals surface area contributed by atoms with Crippen LogP contribution in [0.15, 0.2) is 36.8 Å². The van der Waals surface area contributed by atoms with E-state index in [0.29, 0.717) is 11.1 Å². The van der Waals surface area contributed by atoms with Crippen molar-refractivity contribution < 1.29 is 4.74 Å². The Bertz CT molecular complexity index is 853. The second-order valence-corrected chi connectivity index (χ2v) is 6.59. The number of hydrogen-bond acceptors (Lipinski definition) is 4. The van der Waals surface area contributed by atoms with E-state index in [1.54, 1.807) is 0 Å². The van der Waals surface area contributed by atoms with Crippen LogP contribution in [-0.2, 0) is 11.3 Å². The van der Waals surface area contributed by atoms with Crippen molar-refractivity contribution >= 4 is 28.3 Å². The molecule has 0 amide bonds. The molecule has 3 heterocycles. The highest BCUT2D eigenvalue weighted by Crippen LogP contribution is 2.34. The van der Waals surface area contributed by atoms with Crippen LogP contribution in [0.3, 0.4) is 0 Å². The quantitative estimate of drug-likeness (QED) is 0.581. The maximum absolute atomic E-state index is 6.39. The molecule has 5 nitrogen and oxygen atoms in total. The van der Waals surface area contributed by atoms with Crippen LogP contribution in [-0.4, -0.2) is 27.7 Å². The predicted octanol–water partition coefficient (Wildman–Crippen LogP) is 3.76. The number of fused-ring (bicyclic) bond motifs is 1. The largest absolute Gasteiger partial charge is 0.399 e. The van der Waals surface area contributed by atoms with Crippen LogP contribution in [0.1, 0.15) is 12.8 Å². The molecule has 0 radical (unpaired) electrons. The summed E-state index contributed by atoms with van der Waals surface area (Å²) in [5, 5.41) is 1.38. The molecule has 1 aromatic carbocycles. The van der Waals surface area contributed by atoms with Crippen LogP contribution in [0.25, 0.3) is 22.2 Å². The molecule has 2 N–H and O–H groups in total. The van der Waals surface area contributed by atoms with E-state index in [-0.39, 0.29) is 0 Å². The first-order valence-corrected chi connectivity index (χ1v) is 8.53. The number of rotatable bonds is 3. The molecule has 6 heteroatoms. The lowest BCUT2D eigenvalue weighted by Crippen LogP contribution is -2.20. The zero-order valence-electron chi connectivity index (χ0n) is 13.3. The summed E-state index contributed by atoms with van der Waals surface area (Å²) in [5.41, 5.74) is 9.54. The lowest BCUT2D eigenvalue weighted by molar-refractivity contribution is 0.0616. The first kappa shape index (κ1) is 15.4. The van der Waals surface area contributed by atoms with E-state index in [2.05, 4.69) is 20.7 Å². The minimum Gasteiger partial charge on any atom is -0.399 e. The zero-order chi connectivity index (χ0) is 16.5. The average Bonchev–Trinajstić information content (AvgIpc) is 2.97. The van der Waals surface area contributed by atoms with Crippen LogP contribution in [0.5, 0.6) is 0 Å². The minimum atomic E-state index is 0.484. The SMILES string of the molecule is Nc1ccc(-c2cn(CC3CCOCC3)c3ncnc(Cl)c23)cc1. The lowest BCUT2D eigenvalue weighted by Gasteiger charge is -2.22. The molecule has 0 bridgehead atoms. The van der Waals surface area contributed by atoms with E-state index in [1.165, 1.54) is 6.33 Å². The molecule has 1 fully saturated rings.